The van der Waals surface area contributed by atoms with Crippen molar-refractivity contribution in [2.24, 2.45) is 0 Å². The van der Waals surface area contributed by atoms with Gasteiger partial charge in [0.25, 0.3) is 0 Å². The van der Waals surface area contributed by atoms with Gasteiger partial charge in [0.2, 0.25) is 0 Å². The van der Waals surface area contributed by atoms with Gasteiger partial charge in [-0.25, -0.2) is 9.97 Å². The van der Waals surface area contributed by atoms with Crippen LogP contribution in [0.25, 0.3) is 22.2 Å². The normalized spacial score (nSPS) is 14.6. The average Bonchev–Trinajstić information content (AvgIpc) is 3.15. The summed E-state index contributed by atoms with van der Waals surface area (Å²) in [6.45, 7) is 2.14. The lowest BCUT2D eigenvalue weighted by Gasteiger charge is -2.19. The third-order valence-corrected chi connectivity index (χ3v) is 4.75. The molecule has 23 heavy (non-hydrogen) atoms. The molecule has 116 valence electrons. The number of fused-ring (bicyclic) bond motifs is 1. The highest BCUT2D eigenvalue weighted by Gasteiger charge is 2.18. The summed E-state index contributed by atoms with van der Waals surface area (Å²) in [5, 5.41) is 1.87. The molecule has 0 unspecified atom stereocenters. The molecule has 0 radical (unpaired) electrons. The average molecular weight is 322 g/mol. The van der Waals surface area contributed by atoms with E-state index in [4.69, 9.17) is 9.97 Å². The summed E-state index contributed by atoms with van der Waals surface area (Å²) in [6.07, 6.45) is 6.41. The van der Waals surface area contributed by atoms with E-state index >= 15 is 0 Å². The molecule has 0 aliphatic carbocycles. The van der Waals surface area contributed by atoms with Crippen LogP contribution in [-0.2, 0) is 0 Å². The molecule has 1 aromatic carbocycles. The Balaban J connectivity index is 1.87. The molecule has 0 bridgehead atoms. The Labute approximate surface area is 140 Å². The largest absolute Gasteiger partial charge is 0.356 e. The Morgan fingerprint density at radius 3 is 2.57 bits per heavy atom. The number of hydrogen-bond acceptors (Lipinski definition) is 5. The monoisotopic (exact) mass is 322 g/mol. The van der Waals surface area contributed by atoms with Gasteiger partial charge in [-0.2, -0.15) is 0 Å². The minimum atomic E-state index is 0.824. The Hall–Kier alpha value is -2.14. The second kappa shape index (κ2) is 6.16. The van der Waals surface area contributed by atoms with Crippen molar-refractivity contribution in [3.63, 3.8) is 0 Å². The highest BCUT2D eigenvalue weighted by atomic mass is 32.2. The molecule has 4 nitrogen and oxygen atoms in total. The molecule has 0 spiro atoms. The smallest absolute Gasteiger partial charge is 0.189 e. The molecule has 0 atom stereocenters. The maximum absolute atomic E-state index is 4.74. The predicted molar refractivity (Wildman–Crippen MR) is 96.0 cm³/mol. The molecular formula is C18H18N4S. The SMILES string of the molecule is CSc1nc(N2CCCC2)c2cnc(-c3ccccc3)cc2n1. The van der Waals surface area contributed by atoms with Crippen LogP contribution in [-0.4, -0.2) is 34.3 Å². The van der Waals surface area contributed by atoms with Crippen LogP contribution in [0.1, 0.15) is 12.8 Å². The number of pyridine rings is 1. The van der Waals surface area contributed by atoms with Crippen LogP contribution in [0.5, 0.6) is 0 Å². The maximum atomic E-state index is 4.74. The van der Waals surface area contributed by atoms with Gasteiger partial charge in [0.1, 0.15) is 5.82 Å². The zero-order valence-electron chi connectivity index (χ0n) is 13.1. The number of rotatable bonds is 3. The fraction of sp³-hybridized carbons (Fsp3) is 0.278. The zero-order chi connectivity index (χ0) is 15.6. The van der Waals surface area contributed by atoms with Crippen LogP contribution in [0.2, 0.25) is 0 Å². The van der Waals surface area contributed by atoms with Gasteiger partial charge in [0, 0.05) is 24.8 Å². The van der Waals surface area contributed by atoms with Gasteiger partial charge in [0.05, 0.1) is 16.6 Å². The predicted octanol–water partition coefficient (Wildman–Crippen LogP) is 4.01. The van der Waals surface area contributed by atoms with E-state index in [9.17, 15) is 0 Å². The molecule has 0 amide bonds. The summed E-state index contributed by atoms with van der Waals surface area (Å²) >= 11 is 1.59. The van der Waals surface area contributed by atoms with Crippen LogP contribution in [0.4, 0.5) is 5.82 Å². The molecule has 0 saturated carbocycles. The minimum Gasteiger partial charge on any atom is -0.356 e. The van der Waals surface area contributed by atoms with Crippen molar-refractivity contribution < 1.29 is 0 Å². The molecule has 5 heteroatoms. The van der Waals surface area contributed by atoms with Crippen LogP contribution in [0.15, 0.2) is 47.8 Å². The fourth-order valence-corrected chi connectivity index (χ4v) is 3.38. The van der Waals surface area contributed by atoms with E-state index < -0.39 is 0 Å². The summed E-state index contributed by atoms with van der Waals surface area (Å²) in [6, 6.07) is 12.3. The van der Waals surface area contributed by atoms with Crippen molar-refractivity contribution in [2.75, 3.05) is 24.2 Å². The third-order valence-electron chi connectivity index (χ3n) is 4.20. The van der Waals surface area contributed by atoms with Crippen molar-refractivity contribution in [1.82, 2.24) is 15.0 Å². The Morgan fingerprint density at radius 2 is 1.83 bits per heavy atom. The third kappa shape index (κ3) is 2.77. The van der Waals surface area contributed by atoms with Crippen LogP contribution >= 0.6 is 11.8 Å². The first kappa shape index (κ1) is 14.5. The van der Waals surface area contributed by atoms with Crippen LogP contribution < -0.4 is 4.90 Å². The molecule has 1 saturated heterocycles. The van der Waals surface area contributed by atoms with Gasteiger partial charge in [-0.1, -0.05) is 42.1 Å². The topological polar surface area (TPSA) is 41.9 Å². The Kier molecular flexibility index (Phi) is 3.87. The zero-order valence-corrected chi connectivity index (χ0v) is 13.9. The van der Waals surface area contributed by atoms with Gasteiger partial charge >= 0.3 is 0 Å². The molecule has 4 rings (SSSR count). The molecule has 0 N–H and O–H groups in total. The molecule has 2 aromatic heterocycles. The maximum Gasteiger partial charge on any atom is 0.189 e. The highest BCUT2D eigenvalue weighted by molar-refractivity contribution is 7.98. The first-order valence-electron chi connectivity index (χ1n) is 7.87. The minimum absolute atomic E-state index is 0.824. The lowest BCUT2D eigenvalue weighted by molar-refractivity contribution is 0.898. The van der Waals surface area contributed by atoms with E-state index in [0.717, 1.165) is 46.2 Å². The second-order valence-electron chi connectivity index (χ2n) is 5.68. The van der Waals surface area contributed by atoms with E-state index in [1.165, 1.54) is 12.8 Å². The van der Waals surface area contributed by atoms with Crippen LogP contribution in [0.3, 0.4) is 0 Å². The van der Waals surface area contributed by atoms with Gasteiger partial charge in [-0.05, 0) is 25.2 Å². The molecule has 3 heterocycles. The standard InChI is InChI=1S/C18H18N4S/c1-23-18-20-16-11-15(13-7-3-2-4-8-13)19-12-14(16)17(21-18)22-9-5-6-10-22/h2-4,7-8,11-12H,5-6,9-10H2,1H3. The van der Waals surface area contributed by atoms with E-state index in [-0.39, 0.29) is 0 Å². The summed E-state index contributed by atoms with van der Waals surface area (Å²) < 4.78 is 0. The van der Waals surface area contributed by atoms with Crippen molar-refractivity contribution in [3.05, 3.63) is 42.6 Å². The quantitative estimate of drug-likeness (QED) is 0.538. The lowest BCUT2D eigenvalue weighted by Crippen LogP contribution is -2.20. The van der Waals surface area contributed by atoms with E-state index in [0.29, 0.717) is 0 Å². The van der Waals surface area contributed by atoms with E-state index in [1.807, 2.05) is 30.7 Å². The van der Waals surface area contributed by atoms with E-state index in [1.54, 1.807) is 11.8 Å². The van der Waals surface area contributed by atoms with Gasteiger partial charge in [-0.15, -0.1) is 0 Å². The Morgan fingerprint density at radius 1 is 1.04 bits per heavy atom. The highest BCUT2D eigenvalue weighted by Crippen LogP contribution is 2.30. The van der Waals surface area contributed by atoms with Crippen molar-refractivity contribution in [2.45, 2.75) is 18.0 Å². The summed E-state index contributed by atoms with van der Waals surface area (Å²) in [5.74, 6) is 1.03. The van der Waals surface area contributed by atoms with Crippen LogP contribution in [0, 0.1) is 0 Å². The molecular weight excluding hydrogens is 304 g/mol. The molecule has 3 aromatic rings. The lowest BCUT2D eigenvalue weighted by atomic mass is 10.1. The summed E-state index contributed by atoms with van der Waals surface area (Å²) in [5.41, 5.74) is 3.04. The first-order chi connectivity index (χ1) is 11.3. The fourth-order valence-electron chi connectivity index (χ4n) is 3.02. The second-order valence-corrected chi connectivity index (χ2v) is 6.45. The number of anilines is 1. The summed E-state index contributed by atoms with van der Waals surface area (Å²) in [4.78, 5) is 16.4. The number of nitrogens with zero attached hydrogens (tertiary/aromatic N) is 4. The number of benzene rings is 1. The molecule has 1 aliphatic heterocycles. The van der Waals surface area contributed by atoms with Gasteiger partial charge in [0.15, 0.2) is 5.16 Å². The number of aromatic nitrogens is 3. The van der Waals surface area contributed by atoms with E-state index in [2.05, 4.69) is 28.1 Å². The molecule has 1 fully saturated rings. The van der Waals surface area contributed by atoms with Gasteiger partial charge < -0.3 is 4.90 Å². The molecule has 1 aliphatic rings. The van der Waals surface area contributed by atoms with Crippen molar-refractivity contribution in [3.8, 4) is 11.3 Å². The first-order valence-corrected chi connectivity index (χ1v) is 9.10. The number of hydrogen-bond donors (Lipinski definition) is 0. The summed E-state index contributed by atoms with van der Waals surface area (Å²) in [7, 11) is 0. The van der Waals surface area contributed by atoms with Crippen molar-refractivity contribution in [1.29, 1.82) is 0 Å². The van der Waals surface area contributed by atoms with Crippen molar-refractivity contribution >= 4 is 28.5 Å². The Bertz CT molecular complexity index is 829. The number of thioether (sulfide) groups is 1. The van der Waals surface area contributed by atoms with Gasteiger partial charge in [-0.3, -0.25) is 4.98 Å².